The molecule has 2 heterocycles. The normalized spacial score (nSPS) is 16.7. The summed E-state index contributed by atoms with van der Waals surface area (Å²) >= 11 is 0. The van der Waals surface area contributed by atoms with E-state index in [2.05, 4.69) is 42.2 Å². The predicted molar refractivity (Wildman–Crippen MR) is 115 cm³/mol. The highest BCUT2D eigenvalue weighted by atomic mass is 16.5. The van der Waals surface area contributed by atoms with E-state index in [4.69, 9.17) is 19.2 Å². The third-order valence-electron chi connectivity index (χ3n) is 5.02. The molecule has 4 rings (SSSR count). The lowest BCUT2D eigenvalue weighted by atomic mass is 10.1. The summed E-state index contributed by atoms with van der Waals surface area (Å²) in [5.41, 5.74) is 3.16. The first-order chi connectivity index (χ1) is 14.2. The van der Waals surface area contributed by atoms with Gasteiger partial charge in [-0.15, -0.1) is 0 Å². The van der Waals surface area contributed by atoms with Gasteiger partial charge in [-0.3, -0.25) is 4.90 Å². The molecule has 152 valence electrons. The number of rotatable bonds is 6. The average molecular weight is 392 g/mol. The van der Waals surface area contributed by atoms with Crippen molar-refractivity contribution in [3.8, 4) is 17.4 Å². The molecule has 2 aromatic carbocycles. The van der Waals surface area contributed by atoms with Gasteiger partial charge in [0.25, 0.3) is 0 Å². The lowest BCUT2D eigenvalue weighted by molar-refractivity contribution is 0.153. The fourth-order valence-corrected chi connectivity index (χ4v) is 3.86. The monoisotopic (exact) mass is 392 g/mol. The van der Waals surface area contributed by atoms with Gasteiger partial charge in [0.15, 0.2) is 0 Å². The Bertz CT molecular complexity index is 975. The summed E-state index contributed by atoms with van der Waals surface area (Å²) in [6.45, 7) is 9.76. The first kappa shape index (κ1) is 19.5. The molecular formula is C24H28N2O3. The van der Waals surface area contributed by atoms with E-state index >= 15 is 0 Å². The lowest BCUT2D eigenvalue weighted by Crippen LogP contribution is -2.30. The molecule has 5 nitrogen and oxygen atoms in total. The van der Waals surface area contributed by atoms with Crippen molar-refractivity contribution in [2.75, 3.05) is 19.8 Å². The molecule has 0 N–H and O–H groups in total. The molecule has 0 fully saturated rings. The van der Waals surface area contributed by atoms with Crippen LogP contribution in [0.4, 0.5) is 0 Å². The molecule has 0 aliphatic carbocycles. The quantitative estimate of drug-likeness (QED) is 0.602. The maximum atomic E-state index is 6.22. The van der Waals surface area contributed by atoms with Crippen LogP contribution in [-0.4, -0.2) is 35.7 Å². The Hall–Kier alpha value is -2.79. The minimum atomic E-state index is 0.0514. The van der Waals surface area contributed by atoms with Crippen LogP contribution in [0.2, 0.25) is 0 Å². The zero-order valence-electron chi connectivity index (χ0n) is 17.4. The largest absolute Gasteiger partial charge is 0.493 e. The maximum absolute atomic E-state index is 6.22. The SMILES string of the molecule is CCOc1ccc(OCC)c2nc3c(cc12)CN(Cc1ccccc1)C[C@@H](C)O3. The molecule has 5 heteroatoms. The van der Waals surface area contributed by atoms with E-state index in [1.807, 2.05) is 32.0 Å². The maximum Gasteiger partial charge on any atom is 0.218 e. The molecule has 0 amide bonds. The molecule has 3 aromatic rings. The minimum Gasteiger partial charge on any atom is -0.493 e. The summed E-state index contributed by atoms with van der Waals surface area (Å²) < 4.78 is 17.9. The Labute approximate surface area is 172 Å². The van der Waals surface area contributed by atoms with Gasteiger partial charge in [0, 0.05) is 30.6 Å². The van der Waals surface area contributed by atoms with Crippen LogP contribution in [0.1, 0.15) is 31.9 Å². The van der Waals surface area contributed by atoms with Crippen molar-refractivity contribution in [1.82, 2.24) is 9.88 Å². The molecule has 0 spiro atoms. The molecule has 0 unspecified atom stereocenters. The summed E-state index contributed by atoms with van der Waals surface area (Å²) in [5, 5.41) is 0.967. The number of fused-ring (bicyclic) bond motifs is 2. The molecular weight excluding hydrogens is 364 g/mol. The number of hydrogen-bond donors (Lipinski definition) is 0. The first-order valence-electron chi connectivity index (χ1n) is 10.3. The van der Waals surface area contributed by atoms with Gasteiger partial charge >= 0.3 is 0 Å². The molecule has 1 aliphatic heterocycles. The van der Waals surface area contributed by atoms with Crippen molar-refractivity contribution in [1.29, 1.82) is 0 Å². The number of hydrogen-bond acceptors (Lipinski definition) is 5. The molecule has 0 saturated heterocycles. The summed E-state index contributed by atoms with van der Waals surface area (Å²) in [7, 11) is 0. The highest BCUT2D eigenvalue weighted by Gasteiger charge is 2.23. The molecule has 1 aromatic heterocycles. The van der Waals surface area contributed by atoms with Gasteiger partial charge in [0.1, 0.15) is 23.1 Å². The minimum absolute atomic E-state index is 0.0514. The van der Waals surface area contributed by atoms with Gasteiger partial charge in [-0.25, -0.2) is 4.98 Å². The van der Waals surface area contributed by atoms with Crippen LogP contribution < -0.4 is 14.2 Å². The van der Waals surface area contributed by atoms with Crippen molar-refractivity contribution < 1.29 is 14.2 Å². The third-order valence-corrected chi connectivity index (χ3v) is 5.02. The van der Waals surface area contributed by atoms with Crippen LogP contribution in [0.15, 0.2) is 48.5 Å². The number of nitrogens with zero attached hydrogens (tertiary/aromatic N) is 2. The average Bonchev–Trinajstić information content (AvgIpc) is 2.86. The second-order valence-electron chi connectivity index (χ2n) is 7.36. The predicted octanol–water partition coefficient (Wildman–Crippen LogP) is 4.82. The van der Waals surface area contributed by atoms with Gasteiger partial charge in [-0.05, 0) is 44.5 Å². The highest BCUT2D eigenvalue weighted by molar-refractivity contribution is 5.91. The van der Waals surface area contributed by atoms with E-state index in [0.717, 1.165) is 47.6 Å². The van der Waals surface area contributed by atoms with Crippen LogP contribution in [0.5, 0.6) is 17.4 Å². The van der Waals surface area contributed by atoms with Crippen LogP contribution in [0.3, 0.4) is 0 Å². The number of ether oxygens (including phenoxy) is 3. The van der Waals surface area contributed by atoms with Crippen molar-refractivity contribution in [3.05, 3.63) is 59.7 Å². The van der Waals surface area contributed by atoms with E-state index in [-0.39, 0.29) is 6.10 Å². The van der Waals surface area contributed by atoms with Crippen LogP contribution in [-0.2, 0) is 13.1 Å². The number of benzene rings is 2. The zero-order valence-corrected chi connectivity index (χ0v) is 17.4. The summed E-state index contributed by atoms with van der Waals surface area (Å²) in [6.07, 6.45) is 0.0514. The number of aromatic nitrogens is 1. The van der Waals surface area contributed by atoms with Gasteiger partial charge < -0.3 is 14.2 Å². The fourth-order valence-electron chi connectivity index (χ4n) is 3.86. The smallest absolute Gasteiger partial charge is 0.218 e. The van der Waals surface area contributed by atoms with E-state index in [1.54, 1.807) is 0 Å². The molecule has 1 atom stereocenters. The molecule has 1 aliphatic rings. The standard InChI is InChI=1S/C24H28N2O3/c1-4-27-21-11-12-22(28-5-2)23-20(21)13-19-16-26(14-17(3)29-24(19)25-23)15-18-9-7-6-8-10-18/h6-13,17H,4-5,14-16H2,1-3H3/t17-/m1/s1. The molecule has 0 saturated carbocycles. The zero-order chi connectivity index (χ0) is 20.2. The third kappa shape index (κ3) is 4.30. The lowest BCUT2D eigenvalue weighted by Gasteiger charge is -2.21. The highest BCUT2D eigenvalue weighted by Crippen LogP contribution is 2.37. The van der Waals surface area contributed by atoms with Gasteiger partial charge in [0.2, 0.25) is 5.88 Å². The summed E-state index contributed by atoms with van der Waals surface area (Å²) in [6, 6.07) is 16.6. The van der Waals surface area contributed by atoms with Crippen LogP contribution in [0.25, 0.3) is 10.9 Å². The van der Waals surface area contributed by atoms with Gasteiger partial charge in [0.05, 0.1) is 13.2 Å². The topological polar surface area (TPSA) is 43.8 Å². The Kier molecular flexibility index (Phi) is 5.86. The van der Waals surface area contributed by atoms with Gasteiger partial charge in [-0.2, -0.15) is 0 Å². The Morgan fingerprint density at radius 2 is 1.76 bits per heavy atom. The molecule has 29 heavy (non-hydrogen) atoms. The second kappa shape index (κ2) is 8.70. The fraction of sp³-hybridized carbons (Fsp3) is 0.375. The van der Waals surface area contributed by atoms with E-state index in [1.165, 1.54) is 5.56 Å². The summed E-state index contributed by atoms with van der Waals surface area (Å²) in [5.74, 6) is 2.28. The number of pyridine rings is 1. The molecule has 0 bridgehead atoms. The van der Waals surface area contributed by atoms with Crippen molar-refractivity contribution in [2.24, 2.45) is 0 Å². The van der Waals surface area contributed by atoms with Gasteiger partial charge in [-0.1, -0.05) is 30.3 Å². The summed E-state index contributed by atoms with van der Waals surface area (Å²) in [4.78, 5) is 7.28. The first-order valence-corrected chi connectivity index (χ1v) is 10.3. The van der Waals surface area contributed by atoms with E-state index in [9.17, 15) is 0 Å². The van der Waals surface area contributed by atoms with Crippen LogP contribution >= 0.6 is 0 Å². The van der Waals surface area contributed by atoms with Crippen molar-refractivity contribution in [2.45, 2.75) is 40.0 Å². The molecule has 0 radical (unpaired) electrons. The Balaban J connectivity index is 1.75. The van der Waals surface area contributed by atoms with E-state index in [0.29, 0.717) is 19.1 Å². The second-order valence-corrected chi connectivity index (χ2v) is 7.36. The van der Waals surface area contributed by atoms with E-state index < -0.39 is 0 Å². The van der Waals surface area contributed by atoms with Crippen LogP contribution in [0, 0.1) is 0 Å². The Morgan fingerprint density at radius 3 is 2.52 bits per heavy atom. The van der Waals surface area contributed by atoms with Crippen molar-refractivity contribution in [3.63, 3.8) is 0 Å². The van der Waals surface area contributed by atoms with Crippen molar-refractivity contribution >= 4 is 10.9 Å². The Morgan fingerprint density at radius 1 is 1.03 bits per heavy atom.